The van der Waals surface area contributed by atoms with Crippen molar-refractivity contribution in [3.05, 3.63) is 65.0 Å². The zero-order valence-corrected chi connectivity index (χ0v) is 11.5. The van der Waals surface area contributed by atoms with E-state index in [1.165, 1.54) is 17.2 Å². The van der Waals surface area contributed by atoms with E-state index in [9.17, 15) is 4.39 Å². The first-order chi connectivity index (χ1) is 9.70. The van der Waals surface area contributed by atoms with Gasteiger partial charge in [0.1, 0.15) is 11.6 Å². The van der Waals surface area contributed by atoms with Crippen molar-refractivity contribution in [2.45, 2.75) is 24.8 Å². The Morgan fingerprint density at radius 3 is 2.80 bits per heavy atom. The van der Waals surface area contributed by atoms with Gasteiger partial charge in [-0.25, -0.2) is 4.39 Å². The summed E-state index contributed by atoms with van der Waals surface area (Å²) in [6.45, 7) is 0. The molecule has 0 amide bonds. The van der Waals surface area contributed by atoms with Gasteiger partial charge in [-0.05, 0) is 42.0 Å². The Morgan fingerprint density at radius 1 is 1.25 bits per heavy atom. The van der Waals surface area contributed by atoms with Crippen molar-refractivity contribution in [1.29, 1.82) is 0 Å². The summed E-state index contributed by atoms with van der Waals surface area (Å²) >= 11 is 0. The molecule has 2 atom stereocenters. The summed E-state index contributed by atoms with van der Waals surface area (Å²) < 4.78 is 19.2. The van der Waals surface area contributed by atoms with Gasteiger partial charge in [0, 0.05) is 11.6 Å². The van der Waals surface area contributed by atoms with E-state index in [4.69, 9.17) is 10.5 Å². The summed E-state index contributed by atoms with van der Waals surface area (Å²) in [6, 6.07) is 12.9. The number of nitrogens with two attached hydrogens (primary N) is 1. The van der Waals surface area contributed by atoms with Gasteiger partial charge in [-0.2, -0.15) is 0 Å². The molecule has 2 nitrogen and oxygen atoms in total. The fourth-order valence-electron chi connectivity index (χ4n) is 3.05. The molecular weight excluding hydrogens is 253 g/mol. The van der Waals surface area contributed by atoms with Crippen LogP contribution in [0.15, 0.2) is 42.5 Å². The summed E-state index contributed by atoms with van der Waals surface area (Å²) in [5.74, 6) is 0.667. The highest BCUT2D eigenvalue weighted by Crippen LogP contribution is 2.41. The number of ether oxygens (including phenoxy) is 1. The Labute approximate surface area is 118 Å². The lowest BCUT2D eigenvalue weighted by molar-refractivity contribution is 0.391. The fourth-order valence-corrected chi connectivity index (χ4v) is 3.05. The Kier molecular flexibility index (Phi) is 3.45. The van der Waals surface area contributed by atoms with Crippen molar-refractivity contribution in [3.8, 4) is 5.75 Å². The van der Waals surface area contributed by atoms with Gasteiger partial charge >= 0.3 is 0 Å². The zero-order chi connectivity index (χ0) is 14.1. The third-order valence-electron chi connectivity index (χ3n) is 4.10. The number of benzene rings is 2. The first-order valence-corrected chi connectivity index (χ1v) is 6.86. The van der Waals surface area contributed by atoms with Crippen LogP contribution in [-0.2, 0) is 6.42 Å². The number of hydrogen-bond acceptors (Lipinski definition) is 2. The van der Waals surface area contributed by atoms with Crippen molar-refractivity contribution in [2.24, 2.45) is 5.73 Å². The molecule has 2 aromatic rings. The highest BCUT2D eigenvalue weighted by Gasteiger charge is 2.29. The molecule has 0 aromatic heterocycles. The molecule has 0 radical (unpaired) electrons. The van der Waals surface area contributed by atoms with E-state index in [1.807, 2.05) is 6.07 Å². The van der Waals surface area contributed by atoms with Gasteiger partial charge in [0.25, 0.3) is 0 Å². The van der Waals surface area contributed by atoms with Crippen molar-refractivity contribution in [1.82, 2.24) is 0 Å². The first kappa shape index (κ1) is 13.1. The van der Waals surface area contributed by atoms with Gasteiger partial charge in [0.15, 0.2) is 0 Å². The van der Waals surface area contributed by atoms with Gasteiger partial charge in [0.2, 0.25) is 0 Å². The molecule has 20 heavy (non-hydrogen) atoms. The minimum Gasteiger partial charge on any atom is -0.496 e. The van der Waals surface area contributed by atoms with Crippen LogP contribution in [0.2, 0.25) is 0 Å². The minimum absolute atomic E-state index is 0.288. The topological polar surface area (TPSA) is 35.2 Å². The zero-order valence-electron chi connectivity index (χ0n) is 11.5. The summed E-state index contributed by atoms with van der Waals surface area (Å²) in [6.07, 6.45) is 1.77. The van der Waals surface area contributed by atoms with Crippen LogP contribution in [0.3, 0.4) is 0 Å². The van der Waals surface area contributed by atoms with Gasteiger partial charge in [-0.1, -0.05) is 30.3 Å². The molecule has 0 saturated carbocycles. The third-order valence-corrected chi connectivity index (χ3v) is 4.10. The monoisotopic (exact) mass is 271 g/mol. The van der Waals surface area contributed by atoms with E-state index in [0.29, 0.717) is 17.2 Å². The summed E-state index contributed by atoms with van der Waals surface area (Å²) in [4.78, 5) is 0. The Hall–Kier alpha value is -1.87. The Bertz CT molecular complexity index is 626. The molecule has 0 spiro atoms. The maximum absolute atomic E-state index is 14.0. The molecule has 3 rings (SSSR count). The minimum atomic E-state index is -0.343. The highest BCUT2D eigenvalue weighted by molar-refractivity contribution is 5.42. The van der Waals surface area contributed by atoms with Gasteiger partial charge < -0.3 is 10.5 Å². The summed E-state index contributed by atoms with van der Waals surface area (Å²) in [7, 11) is 1.55. The van der Waals surface area contributed by atoms with Crippen LogP contribution >= 0.6 is 0 Å². The second-order valence-corrected chi connectivity index (χ2v) is 5.30. The highest BCUT2D eigenvalue weighted by atomic mass is 19.1. The molecule has 0 aliphatic heterocycles. The average Bonchev–Trinajstić information content (AvgIpc) is 2.44. The molecule has 2 aromatic carbocycles. The molecule has 2 unspecified atom stereocenters. The number of halogens is 1. The first-order valence-electron chi connectivity index (χ1n) is 6.86. The number of rotatable bonds is 4. The average molecular weight is 271 g/mol. The second-order valence-electron chi connectivity index (χ2n) is 5.30. The van der Waals surface area contributed by atoms with E-state index in [1.54, 1.807) is 19.2 Å². The Morgan fingerprint density at radius 2 is 2.05 bits per heavy atom. The normalized spacial score (nSPS) is 18.1. The van der Waals surface area contributed by atoms with Crippen LogP contribution in [-0.4, -0.2) is 7.11 Å². The molecule has 1 aliphatic carbocycles. The van der Waals surface area contributed by atoms with Crippen LogP contribution in [0.5, 0.6) is 5.75 Å². The molecule has 104 valence electrons. The number of methoxy groups -OCH3 is 1. The smallest absolute Gasteiger partial charge is 0.131 e. The van der Waals surface area contributed by atoms with Crippen molar-refractivity contribution < 1.29 is 9.13 Å². The largest absolute Gasteiger partial charge is 0.496 e. The second kappa shape index (κ2) is 5.25. The third kappa shape index (κ3) is 2.18. The van der Waals surface area contributed by atoms with E-state index in [2.05, 4.69) is 18.2 Å². The predicted molar refractivity (Wildman–Crippen MR) is 77.4 cm³/mol. The molecule has 0 saturated heterocycles. The van der Waals surface area contributed by atoms with E-state index in [-0.39, 0.29) is 11.9 Å². The Balaban J connectivity index is 1.80. The van der Waals surface area contributed by atoms with E-state index < -0.39 is 0 Å². The molecular formula is C17H18FNO. The van der Waals surface area contributed by atoms with Crippen LogP contribution < -0.4 is 10.5 Å². The maximum Gasteiger partial charge on any atom is 0.131 e. The van der Waals surface area contributed by atoms with Crippen LogP contribution in [0.25, 0.3) is 0 Å². The quantitative estimate of drug-likeness (QED) is 0.922. The van der Waals surface area contributed by atoms with Gasteiger partial charge in [-0.15, -0.1) is 0 Å². The van der Waals surface area contributed by atoms with Crippen molar-refractivity contribution in [3.63, 3.8) is 0 Å². The van der Waals surface area contributed by atoms with Crippen molar-refractivity contribution >= 4 is 0 Å². The molecule has 1 aliphatic rings. The molecule has 2 N–H and O–H groups in total. The SMILES string of the molecule is COc1cccc(F)c1C(N)CC1Cc2ccccc21. The summed E-state index contributed by atoms with van der Waals surface area (Å²) in [5.41, 5.74) is 9.43. The van der Waals surface area contributed by atoms with Gasteiger partial charge in [0.05, 0.1) is 7.11 Å². The van der Waals surface area contributed by atoms with Crippen LogP contribution in [0, 0.1) is 5.82 Å². The lowest BCUT2D eigenvalue weighted by Gasteiger charge is -2.32. The fraction of sp³-hybridized carbons (Fsp3) is 0.294. The predicted octanol–water partition coefficient (Wildman–Crippen LogP) is 3.56. The summed E-state index contributed by atoms with van der Waals surface area (Å²) in [5, 5.41) is 0. The van der Waals surface area contributed by atoms with E-state index in [0.717, 1.165) is 12.8 Å². The number of hydrogen-bond donors (Lipinski definition) is 1. The molecule has 0 bridgehead atoms. The number of fused-ring (bicyclic) bond motifs is 1. The van der Waals surface area contributed by atoms with E-state index >= 15 is 0 Å². The maximum atomic E-state index is 14.0. The molecule has 3 heteroatoms. The standard InChI is InChI=1S/C17H18FNO/c1-20-16-8-4-7-14(18)17(16)15(19)10-12-9-11-5-2-3-6-13(11)12/h2-8,12,15H,9-10,19H2,1H3. The van der Waals surface area contributed by atoms with Crippen molar-refractivity contribution in [2.75, 3.05) is 7.11 Å². The molecule has 0 fully saturated rings. The van der Waals surface area contributed by atoms with Gasteiger partial charge in [-0.3, -0.25) is 0 Å². The lowest BCUT2D eigenvalue weighted by Crippen LogP contribution is -2.23. The van der Waals surface area contributed by atoms with Crippen LogP contribution in [0.1, 0.15) is 35.1 Å². The van der Waals surface area contributed by atoms with Crippen LogP contribution in [0.4, 0.5) is 4.39 Å². The molecule has 0 heterocycles. The lowest BCUT2D eigenvalue weighted by atomic mass is 9.74.